The molecule has 0 aliphatic heterocycles. The molecule has 3 heteroatoms. The molecule has 0 N–H and O–H groups in total. The van der Waals surface area contributed by atoms with E-state index in [4.69, 9.17) is 0 Å². The number of carbonyl (C=O) groups excluding carboxylic acids is 2. The fourth-order valence-corrected chi connectivity index (χ4v) is 1.53. The first-order chi connectivity index (χ1) is 7.31. The zero-order valence-electron chi connectivity index (χ0n) is 8.64. The summed E-state index contributed by atoms with van der Waals surface area (Å²) in [5.41, 5.74) is 0.567. The van der Waals surface area contributed by atoms with E-state index in [2.05, 4.69) is 0 Å². The van der Waals surface area contributed by atoms with Gasteiger partial charge in [0.1, 0.15) is 5.78 Å². The maximum atomic E-state index is 11.4. The van der Waals surface area contributed by atoms with Crippen LogP contribution < -0.4 is 0 Å². The number of hydrogen-bond donors (Lipinski definition) is 0. The molecule has 0 spiro atoms. The second-order valence-electron chi connectivity index (χ2n) is 3.31. The van der Waals surface area contributed by atoms with E-state index in [0.717, 1.165) is 10.8 Å². The van der Waals surface area contributed by atoms with Gasteiger partial charge in [0.05, 0.1) is 0 Å². The Balaban J connectivity index is 0.00000128. The molecule has 2 nitrogen and oxygen atoms in total. The largest absolute Gasteiger partial charge is 0.541 e. The summed E-state index contributed by atoms with van der Waals surface area (Å²) in [6.45, 7) is 0. The van der Waals surface area contributed by atoms with Gasteiger partial charge in [0.2, 0.25) is 0 Å². The van der Waals surface area contributed by atoms with Crippen molar-refractivity contribution in [1.82, 2.24) is 0 Å². The van der Waals surface area contributed by atoms with Gasteiger partial charge >= 0.3 is 0 Å². The molecule has 2 aromatic rings. The molecule has 0 unspecified atom stereocenters. The molecule has 2 rings (SSSR count). The topological polar surface area (TPSA) is 34.1 Å². The Kier molecular flexibility index (Phi) is 4.97. The molecule has 0 aliphatic carbocycles. The fraction of sp³-hybridized carbons (Fsp3) is 0.0769. The van der Waals surface area contributed by atoms with Crippen LogP contribution in [0.4, 0.5) is 0 Å². The number of fused-ring (bicyclic) bond motifs is 1. The molecule has 0 heterocycles. The summed E-state index contributed by atoms with van der Waals surface area (Å²) < 4.78 is 0. The second-order valence-corrected chi connectivity index (χ2v) is 3.31. The SMILES string of the molecule is O=[C-]CC(=O)c1ccc2ccccc2c1.[Y]. The standard InChI is InChI=1S/C13H9O2.Y/c14-8-7-13(15)12-6-5-10-3-1-2-4-11(10)9-12;/h1-6,9H,7H2;/q-1;. The van der Waals surface area contributed by atoms with Crippen LogP contribution in [0, 0.1) is 0 Å². The monoisotopic (exact) mass is 286 g/mol. The van der Waals surface area contributed by atoms with E-state index in [1.54, 1.807) is 18.4 Å². The van der Waals surface area contributed by atoms with E-state index in [1.807, 2.05) is 30.3 Å². The smallest absolute Gasteiger partial charge is 0.136 e. The first-order valence-electron chi connectivity index (χ1n) is 4.68. The molecule has 0 aliphatic rings. The number of hydrogen-bond acceptors (Lipinski definition) is 2. The number of carbonyl (C=O) groups is 1. The van der Waals surface area contributed by atoms with Crippen molar-refractivity contribution in [1.29, 1.82) is 0 Å². The normalized spacial score (nSPS) is 9.50. The third kappa shape index (κ3) is 2.84. The van der Waals surface area contributed by atoms with Crippen molar-refractivity contribution in [3.8, 4) is 0 Å². The van der Waals surface area contributed by atoms with Crippen LogP contribution in [0.25, 0.3) is 10.8 Å². The minimum absolute atomic E-state index is 0. The Labute approximate surface area is 119 Å². The van der Waals surface area contributed by atoms with Gasteiger partial charge in [-0.3, -0.25) is 11.1 Å². The minimum Gasteiger partial charge on any atom is -0.541 e. The number of Topliss-reactive ketones (excluding diaryl/α,β-unsaturated/α-hetero) is 1. The van der Waals surface area contributed by atoms with Crippen LogP contribution in [0.3, 0.4) is 0 Å². The van der Waals surface area contributed by atoms with Gasteiger partial charge < -0.3 is 4.79 Å². The molecule has 16 heavy (non-hydrogen) atoms. The number of rotatable bonds is 3. The molecule has 0 bridgehead atoms. The zero-order chi connectivity index (χ0) is 10.7. The Morgan fingerprint density at radius 3 is 2.44 bits per heavy atom. The summed E-state index contributed by atoms with van der Waals surface area (Å²) in [6, 6.07) is 13.2. The number of benzene rings is 2. The molecule has 77 valence electrons. The summed E-state index contributed by atoms with van der Waals surface area (Å²) in [4.78, 5) is 21.5. The Morgan fingerprint density at radius 2 is 1.75 bits per heavy atom. The summed E-state index contributed by atoms with van der Waals surface area (Å²) >= 11 is 0. The average Bonchev–Trinajstić information content (AvgIpc) is 2.29. The van der Waals surface area contributed by atoms with Crippen LogP contribution in [-0.4, -0.2) is 12.1 Å². The van der Waals surface area contributed by atoms with Crippen molar-refractivity contribution in [2.75, 3.05) is 0 Å². The summed E-state index contributed by atoms with van der Waals surface area (Å²) in [5, 5.41) is 2.10. The van der Waals surface area contributed by atoms with E-state index in [1.165, 1.54) is 0 Å². The first kappa shape index (κ1) is 13.2. The van der Waals surface area contributed by atoms with Crippen LogP contribution in [0.2, 0.25) is 0 Å². The van der Waals surface area contributed by atoms with Gasteiger partial charge in [-0.2, -0.15) is 0 Å². The van der Waals surface area contributed by atoms with Gasteiger partial charge in [-0.15, -0.1) is 0 Å². The van der Waals surface area contributed by atoms with Crippen LogP contribution in [0.5, 0.6) is 0 Å². The van der Waals surface area contributed by atoms with E-state index >= 15 is 0 Å². The van der Waals surface area contributed by atoms with Gasteiger partial charge in [-0.25, -0.2) is 0 Å². The van der Waals surface area contributed by atoms with Crippen LogP contribution in [-0.2, 0) is 37.5 Å². The molecule has 0 saturated heterocycles. The Hall–Kier alpha value is -0.856. The second kappa shape index (κ2) is 6.02. The van der Waals surface area contributed by atoms with Crippen LogP contribution >= 0.6 is 0 Å². The molecule has 0 atom stereocenters. The van der Waals surface area contributed by atoms with E-state index in [0.29, 0.717) is 5.56 Å². The minimum atomic E-state index is -0.184. The molecular formula is C13H9O2Y-. The van der Waals surface area contributed by atoms with Crippen molar-refractivity contribution < 1.29 is 42.3 Å². The van der Waals surface area contributed by atoms with Crippen LogP contribution in [0.15, 0.2) is 42.5 Å². The third-order valence-corrected chi connectivity index (χ3v) is 2.30. The molecule has 2 aromatic carbocycles. The maximum absolute atomic E-state index is 11.4. The fourth-order valence-electron chi connectivity index (χ4n) is 1.53. The van der Waals surface area contributed by atoms with Crippen molar-refractivity contribution in [2.45, 2.75) is 6.42 Å². The molecular weight excluding hydrogens is 277 g/mol. The average molecular weight is 286 g/mol. The van der Waals surface area contributed by atoms with Gasteiger partial charge in [-0.1, -0.05) is 42.8 Å². The predicted molar refractivity (Wildman–Crippen MR) is 58.6 cm³/mol. The van der Waals surface area contributed by atoms with Gasteiger partial charge in [0, 0.05) is 38.3 Å². The predicted octanol–water partition coefficient (Wildman–Crippen LogP) is 2.52. The molecule has 0 saturated carbocycles. The Morgan fingerprint density at radius 1 is 1.06 bits per heavy atom. The van der Waals surface area contributed by atoms with E-state index < -0.39 is 0 Å². The van der Waals surface area contributed by atoms with Crippen molar-refractivity contribution in [3.63, 3.8) is 0 Å². The quantitative estimate of drug-likeness (QED) is 0.493. The van der Waals surface area contributed by atoms with Crippen LogP contribution in [0.1, 0.15) is 16.8 Å². The number of ketones is 1. The van der Waals surface area contributed by atoms with Crippen molar-refractivity contribution in [2.24, 2.45) is 0 Å². The molecule has 0 fully saturated rings. The summed E-state index contributed by atoms with van der Waals surface area (Å²) in [7, 11) is 0. The maximum Gasteiger partial charge on any atom is 0.136 e. The zero-order valence-corrected chi connectivity index (χ0v) is 11.5. The van der Waals surface area contributed by atoms with Gasteiger partial charge in [0.25, 0.3) is 0 Å². The molecule has 0 aromatic heterocycles. The Bertz CT molecular complexity index is 520. The van der Waals surface area contributed by atoms with E-state index in [-0.39, 0.29) is 44.9 Å². The first-order valence-corrected chi connectivity index (χ1v) is 4.68. The van der Waals surface area contributed by atoms with E-state index in [9.17, 15) is 9.59 Å². The summed E-state index contributed by atoms with van der Waals surface area (Å²) in [5.74, 6) is -0.184. The molecule has 0 amide bonds. The van der Waals surface area contributed by atoms with Gasteiger partial charge in [-0.05, 0) is 16.8 Å². The third-order valence-electron chi connectivity index (χ3n) is 2.30. The summed E-state index contributed by atoms with van der Waals surface area (Å²) in [6.07, 6.45) is 1.45. The van der Waals surface area contributed by atoms with Gasteiger partial charge in [0.15, 0.2) is 0 Å². The molecule has 1 radical (unpaired) electrons. The van der Waals surface area contributed by atoms with Crippen molar-refractivity contribution >= 4 is 22.8 Å². The van der Waals surface area contributed by atoms with Crippen molar-refractivity contribution in [3.05, 3.63) is 48.0 Å².